The molecule has 8 heteroatoms. The number of nitrogens with one attached hydrogen (secondary N) is 1. The molecule has 0 fully saturated rings. The molecule has 116 valence electrons. The van der Waals surface area contributed by atoms with E-state index in [0.29, 0.717) is 10.2 Å². The number of esters is 1. The van der Waals surface area contributed by atoms with Crippen molar-refractivity contribution in [1.82, 2.24) is 9.88 Å². The van der Waals surface area contributed by atoms with Crippen LogP contribution in [0.2, 0.25) is 0 Å². The van der Waals surface area contributed by atoms with E-state index in [2.05, 4.69) is 21.2 Å². The molecule has 1 aromatic heterocycles. The summed E-state index contributed by atoms with van der Waals surface area (Å²) in [6.07, 6.45) is 1.59. The molecule has 21 heavy (non-hydrogen) atoms. The number of halogens is 1. The Balaban J connectivity index is 2.66. The maximum Gasteiger partial charge on any atom is 0.326 e. The Labute approximate surface area is 130 Å². The number of aryl methyl sites for hydroxylation is 1. The first-order valence-corrected chi connectivity index (χ1v) is 7.15. The summed E-state index contributed by atoms with van der Waals surface area (Å²) in [5.74, 6) is -2.19. The lowest BCUT2D eigenvalue weighted by atomic mass is 10.1. The van der Waals surface area contributed by atoms with Crippen LogP contribution in [0.25, 0.3) is 0 Å². The normalized spacial score (nSPS) is 11.8. The van der Waals surface area contributed by atoms with Gasteiger partial charge in [-0.15, -0.1) is 0 Å². The predicted octanol–water partition coefficient (Wildman–Crippen LogP) is 1.31. The Kier molecular flexibility index (Phi) is 6.41. The first kappa shape index (κ1) is 17.2. The molecule has 2 N–H and O–H groups in total. The van der Waals surface area contributed by atoms with E-state index in [4.69, 9.17) is 9.84 Å². The molecule has 0 aromatic carbocycles. The number of aliphatic carboxylic acids is 1. The monoisotopic (exact) mass is 360 g/mol. The fourth-order valence-electron chi connectivity index (χ4n) is 1.73. The van der Waals surface area contributed by atoms with Crippen LogP contribution in [-0.4, -0.2) is 40.2 Å². The number of carbonyl (C=O) groups is 3. The van der Waals surface area contributed by atoms with Gasteiger partial charge in [-0.1, -0.05) is 0 Å². The van der Waals surface area contributed by atoms with Gasteiger partial charge in [-0.3, -0.25) is 9.59 Å². The molecule has 1 heterocycles. The van der Waals surface area contributed by atoms with Crippen molar-refractivity contribution < 1.29 is 24.2 Å². The predicted molar refractivity (Wildman–Crippen MR) is 77.9 cm³/mol. The van der Waals surface area contributed by atoms with Crippen LogP contribution >= 0.6 is 15.9 Å². The lowest BCUT2D eigenvalue weighted by Crippen LogP contribution is -2.41. The second-order valence-corrected chi connectivity index (χ2v) is 5.28. The Morgan fingerprint density at radius 3 is 2.62 bits per heavy atom. The number of amides is 1. The van der Waals surface area contributed by atoms with Gasteiger partial charge < -0.3 is 19.7 Å². The highest BCUT2D eigenvalue weighted by molar-refractivity contribution is 9.10. The lowest BCUT2D eigenvalue weighted by Gasteiger charge is -2.14. The standard InChI is InChI=1S/C13H17BrN2O5/c1-3-21-11(17)5-4-9(13(19)20)15-12(18)10-6-8(14)7-16(10)2/h6-7,9H,3-5H2,1-2H3,(H,15,18)(H,19,20)/t9-/m0/s1. The number of carboxylic acid groups (broad SMARTS) is 1. The molecule has 1 aromatic rings. The van der Waals surface area contributed by atoms with Crippen molar-refractivity contribution in [2.75, 3.05) is 6.61 Å². The van der Waals surface area contributed by atoms with Gasteiger partial charge in [0.1, 0.15) is 11.7 Å². The quantitative estimate of drug-likeness (QED) is 0.714. The first-order chi connectivity index (χ1) is 9.85. The van der Waals surface area contributed by atoms with Crippen LogP contribution in [0.4, 0.5) is 0 Å². The molecule has 0 aliphatic rings. The van der Waals surface area contributed by atoms with Crippen LogP contribution in [0.5, 0.6) is 0 Å². The highest BCUT2D eigenvalue weighted by atomic mass is 79.9. The number of carboxylic acids is 1. The van der Waals surface area contributed by atoms with E-state index >= 15 is 0 Å². The molecule has 1 amide bonds. The fourth-order valence-corrected chi connectivity index (χ4v) is 2.26. The minimum absolute atomic E-state index is 0.0223. The summed E-state index contributed by atoms with van der Waals surface area (Å²) in [5, 5.41) is 11.5. The fraction of sp³-hybridized carbons (Fsp3) is 0.462. The van der Waals surface area contributed by atoms with Gasteiger partial charge >= 0.3 is 11.9 Å². The number of hydrogen-bond acceptors (Lipinski definition) is 4. The van der Waals surface area contributed by atoms with Crippen LogP contribution in [0, 0.1) is 0 Å². The van der Waals surface area contributed by atoms with Gasteiger partial charge in [0, 0.05) is 24.1 Å². The molecule has 7 nitrogen and oxygen atoms in total. The van der Waals surface area contributed by atoms with Gasteiger partial charge in [0.25, 0.3) is 5.91 Å². The van der Waals surface area contributed by atoms with Crippen molar-refractivity contribution >= 4 is 33.8 Å². The molecule has 0 unspecified atom stereocenters. The topological polar surface area (TPSA) is 97.6 Å². The average Bonchev–Trinajstić information content (AvgIpc) is 2.73. The van der Waals surface area contributed by atoms with E-state index < -0.39 is 23.9 Å². The number of aromatic nitrogens is 1. The summed E-state index contributed by atoms with van der Waals surface area (Å²) in [7, 11) is 1.67. The molecule has 1 atom stereocenters. The van der Waals surface area contributed by atoms with Crippen LogP contribution in [0.3, 0.4) is 0 Å². The number of nitrogens with zero attached hydrogens (tertiary/aromatic N) is 1. The molecular weight excluding hydrogens is 344 g/mol. The second kappa shape index (κ2) is 7.82. The van der Waals surface area contributed by atoms with E-state index in [-0.39, 0.29) is 19.4 Å². The number of carbonyl (C=O) groups excluding carboxylic acids is 2. The molecule has 0 bridgehead atoms. The zero-order valence-corrected chi connectivity index (χ0v) is 13.3. The Morgan fingerprint density at radius 1 is 1.48 bits per heavy atom. The molecular formula is C13H17BrN2O5. The average molecular weight is 361 g/mol. The summed E-state index contributed by atoms with van der Waals surface area (Å²) in [4.78, 5) is 34.4. The van der Waals surface area contributed by atoms with Crippen molar-refractivity contribution in [3.05, 3.63) is 22.4 Å². The molecule has 1 rings (SSSR count). The zero-order chi connectivity index (χ0) is 16.0. The smallest absolute Gasteiger partial charge is 0.326 e. The van der Waals surface area contributed by atoms with E-state index in [1.54, 1.807) is 30.8 Å². The van der Waals surface area contributed by atoms with Gasteiger partial charge in [-0.2, -0.15) is 0 Å². The van der Waals surface area contributed by atoms with Gasteiger partial charge in [-0.05, 0) is 35.3 Å². The van der Waals surface area contributed by atoms with E-state index in [1.165, 1.54) is 0 Å². The molecule has 0 spiro atoms. The van der Waals surface area contributed by atoms with Crippen molar-refractivity contribution in [1.29, 1.82) is 0 Å². The largest absolute Gasteiger partial charge is 0.480 e. The third-order valence-corrected chi connectivity index (χ3v) is 3.18. The summed E-state index contributed by atoms with van der Waals surface area (Å²) in [6, 6.07) is 0.440. The summed E-state index contributed by atoms with van der Waals surface area (Å²) < 4.78 is 7.02. The highest BCUT2D eigenvalue weighted by Gasteiger charge is 2.23. The lowest BCUT2D eigenvalue weighted by molar-refractivity contribution is -0.144. The van der Waals surface area contributed by atoms with Gasteiger partial charge in [0.05, 0.1) is 6.61 Å². The van der Waals surface area contributed by atoms with Crippen LogP contribution in [0.1, 0.15) is 30.3 Å². The number of ether oxygens (including phenoxy) is 1. The molecule has 0 saturated carbocycles. The van der Waals surface area contributed by atoms with Crippen LogP contribution in [-0.2, 0) is 21.4 Å². The van der Waals surface area contributed by atoms with E-state index in [1.807, 2.05) is 0 Å². The number of rotatable bonds is 7. The maximum atomic E-state index is 12.0. The third kappa shape index (κ3) is 5.22. The minimum atomic E-state index is -1.19. The van der Waals surface area contributed by atoms with Gasteiger partial charge in [0.2, 0.25) is 0 Å². The Bertz CT molecular complexity index is 541. The maximum absolute atomic E-state index is 12.0. The van der Waals surface area contributed by atoms with Crippen molar-refractivity contribution in [2.24, 2.45) is 7.05 Å². The molecule has 0 radical (unpaired) electrons. The van der Waals surface area contributed by atoms with Crippen molar-refractivity contribution in [3.8, 4) is 0 Å². The van der Waals surface area contributed by atoms with Gasteiger partial charge in [0.15, 0.2) is 0 Å². The summed E-state index contributed by atoms with van der Waals surface area (Å²) in [6.45, 7) is 1.90. The number of hydrogen-bond donors (Lipinski definition) is 2. The van der Waals surface area contributed by atoms with Crippen LogP contribution in [0.15, 0.2) is 16.7 Å². The van der Waals surface area contributed by atoms with Crippen molar-refractivity contribution in [2.45, 2.75) is 25.8 Å². The molecule has 0 saturated heterocycles. The van der Waals surface area contributed by atoms with E-state index in [0.717, 1.165) is 0 Å². The summed E-state index contributed by atoms with van der Waals surface area (Å²) in [5.41, 5.74) is 0.323. The second-order valence-electron chi connectivity index (χ2n) is 4.36. The first-order valence-electron chi connectivity index (χ1n) is 6.36. The van der Waals surface area contributed by atoms with Crippen molar-refractivity contribution in [3.63, 3.8) is 0 Å². The third-order valence-electron chi connectivity index (χ3n) is 2.75. The molecule has 0 aliphatic carbocycles. The van der Waals surface area contributed by atoms with Crippen LogP contribution < -0.4 is 5.32 Å². The Hall–Kier alpha value is -1.83. The highest BCUT2D eigenvalue weighted by Crippen LogP contribution is 2.14. The van der Waals surface area contributed by atoms with Gasteiger partial charge in [-0.25, -0.2) is 4.79 Å². The Morgan fingerprint density at radius 2 is 2.14 bits per heavy atom. The SMILES string of the molecule is CCOC(=O)CC[C@H](NC(=O)c1cc(Br)cn1C)C(=O)O. The zero-order valence-electron chi connectivity index (χ0n) is 11.8. The van der Waals surface area contributed by atoms with E-state index in [9.17, 15) is 14.4 Å². The summed E-state index contributed by atoms with van der Waals surface area (Å²) >= 11 is 3.24. The molecule has 0 aliphatic heterocycles. The minimum Gasteiger partial charge on any atom is -0.480 e.